The van der Waals surface area contributed by atoms with Crippen LogP contribution in [0.1, 0.15) is 33.5 Å². The lowest BCUT2D eigenvalue weighted by Crippen LogP contribution is -2.57. The number of carbonyl (C=O) groups is 3. The van der Waals surface area contributed by atoms with Crippen LogP contribution in [0.3, 0.4) is 0 Å². The quantitative estimate of drug-likeness (QED) is 0.357. The number of carbonyl (C=O) groups excluding carboxylic acids is 3. The summed E-state index contributed by atoms with van der Waals surface area (Å²) < 4.78 is 80.7. The molecule has 1 saturated heterocycles. The summed E-state index contributed by atoms with van der Waals surface area (Å²) in [5.74, 6) is -3.18. The van der Waals surface area contributed by atoms with E-state index in [1.807, 2.05) is 0 Å². The molecule has 1 fully saturated rings. The number of imide groups is 1. The summed E-state index contributed by atoms with van der Waals surface area (Å²) in [6.07, 6.45) is -10.4. The maximum atomic E-state index is 14.2. The van der Waals surface area contributed by atoms with Crippen LogP contribution in [0.25, 0.3) is 0 Å². The fourth-order valence-corrected chi connectivity index (χ4v) is 4.82. The fourth-order valence-electron chi connectivity index (χ4n) is 4.29. The third-order valence-corrected chi connectivity index (χ3v) is 6.62. The van der Waals surface area contributed by atoms with Crippen molar-refractivity contribution in [1.29, 1.82) is 0 Å². The van der Waals surface area contributed by atoms with Gasteiger partial charge in [-0.3, -0.25) is 19.3 Å². The molecule has 1 atom stereocenters. The summed E-state index contributed by atoms with van der Waals surface area (Å²) >= 11 is 11.8. The standard InChI is InChI=1S/C24H17Cl2F6N3O4/c1-12-4-13(18-8-22(39-33-18,24(30,31)32)14-5-15(25)7-16(26)6-14)2-3-17(12)21(38)34-9-19(36)35(20(37)10-34)11-23(27,28)29/h2-7H,8-11H2,1H3. The molecule has 0 N–H and O–H groups in total. The SMILES string of the molecule is Cc1cc(C2=NOC(c3cc(Cl)cc(Cl)c3)(C(F)(F)F)C2)ccc1C(=O)N1CC(=O)N(CC(F)(F)F)C(=O)C1. The second kappa shape index (κ2) is 10.0. The van der Waals surface area contributed by atoms with Gasteiger partial charge in [0.05, 0.1) is 5.71 Å². The van der Waals surface area contributed by atoms with E-state index in [-0.39, 0.29) is 42.9 Å². The zero-order valence-corrected chi connectivity index (χ0v) is 21.3. The summed E-state index contributed by atoms with van der Waals surface area (Å²) in [6, 6.07) is 7.35. The molecule has 0 radical (unpaired) electrons. The van der Waals surface area contributed by atoms with Gasteiger partial charge in [-0.15, -0.1) is 0 Å². The van der Waals surface area contributed by atoms with Crippen LogP contribution in [-0.2, 0) is 20.0 Å². The summed E-state index contributed by atoms with van der Waals surface area (Å²) in [5, 5.41) is 3.58. The average Bonchev–Trinajstić information content (AvgIpc) is 3.27. The topological polar surface area (TPSA) is 79.3 Å². The monoisotopic (exact) mass is 595 g/mol. The lowest BCUT2D eigenvalue weighted by atomic mass is 9.86. The van der Waals surface area contributed by atoms with Gasteiger partial charge >= 0.3 is 12.4 Å². The van der Waals surface area contributed by atoms with Gasteiger partial charge in [0.25, 0.3) is 11.5 Å². The van der Waals surface area contributed by atoms with Crippen molar-refractivity contribution >= 4 is 46.6 Å². The number of halogens is 8. The lowest BCUT2D eigenvalue weighted by molar-refractivity contribution is -0.275. The minimum Gasteiger partial charge on any atom is -0.374 e. The zero-order valence-electron chi connectivity index (χ0n) is 19.8. The van der Waals surface area contributed by atoms with Crippen molar-refractivity contribution in [3.05, 3.63) is 68.7 Å². The molecule has 2 aromatic rings. The van der Waals surface area contributed by atoms with Crippen molar-refractivity contribution in [2.75, 3.05) is 19.6 Å². The molecule has 0 aromatic heterocycles. The van der Waals surface area contributed by atoms with Gasteiger partial charge in [0.2, 0.25) is 11.8 Å². The minimum absolute atomic E-state index is 0.00755. The predicted octanol–water partition coefficient (Wildman–Crippen LogP) is 5.26. The highest BCUT2D eigenvalue weighted by atomic mass is 35.5. The largest absolute Gasteiger partial charge is 0.435 e. The van der Waals surface area contributed by atoms with Gasteiger partial charge in [0.15, 0.2) is 0 Å². The summed E-state index contributed by atoms with van der Waals surface area (Å²) in [7, 11) is 0. The molecular formula is C24H17Cl2F6N3O4. The molecule has 2 aromatic carbocycles. The Kier molecular flexibility index (Phi) is 7.36. The van der Waals surface area contributed by atoms with Gasteiger partial charge in [0, 0.05) is 27.6 Å². The Morgan fingerprint density at radius 2 is 1.59 bits per heavy atom. The molecule has 208 valence electrons. The molecule has 39 heavy (non-hydrogen) atoms. The van der Waals surface area contributed by atoms with E-state index in [0.717, 1.165) is 17.0 Å². The summed E-state index contributed by atoms with van der Waals surface area (Å²) in [5.41, 5.74) is -2.85. The molecule has 2 aliphatic heterocycles. The van der Waals surface area contributed by atoms with Gasteiger partial charge < -0.3 is 9.74 Å². The normalized spacial score (nSPS) is 20.3. The van der Waals surface area contributed by atoms with Crippen LogP contribution in [0.5, 0.6) is 0 Å². The molecule has 7 nitrogen and oxygen atoms in total. The van der Waals surface area contributed by atoms with Gasteiger partial charge in [0.1, 0.15) is 19.6 Å². The van der Waals surface area contributed by atoms with E-state index in [4.69, 9.17) is 28.0 Å². The van der Waals surface area contributed by atoms with Crippen LogP contribution >= 0.6 is 23.2 Å². The molecule has 0 saturated carbocycles. The number of oxime groups is 1. The van der Waals surface area contributed by atoms with E-state index in [2.05, 4.69) is 5.16 Å². The number of alkyl halides is 6. The molecule has 0 spiro atoms. The number of amides is 3. The van der Waals surface area contributed by atoms with Crippen LogP contribution in [0.2, 0.25) is 10.0 Å². The van der Waals surface area contributed by atoms with Crippen molar-refractivity contribution in [2.45, 2.75) is 31.3 Å². The third kappa shape index (κ3) is 5.69. The van der Waals surface area contributed by atoms with Crippen molar-refractivity contribution in [3.8, 4) is 0 Å². The molecule has 3 amide bonds. The highest BCUT2D eigenvalue weighted by molar-refractivity contribution is 6.34. The van der Waals surface area contributed by atoms with Crippen LogP contribution in [0.4, 0.5) is 26.3 Å². The van der Waals surface area contributed by atoms with E-state index in [0.29, 0.717) is 0 Å². The first-order chi connectivity index (χ1) is 18.0. The van der Waals surface area contributed by atoms with Crippen LogP contribution < -0.4 is 0 Å². The first-order valence-corrected chi connectivity index (χ1v) is 11.8. The number of aryl methyl sites for hydroxylation is 1. The first-order valence-electron chi connectivity index (χ1n) is 11.1. The van der Waals surface area contributed by atoms with Crippen molar-refractivity contribution in [1.82, 2.24) is 9.80 Å². The molecule has 0 aliphatic carbocycles. The Balaban J connectivity index is 1.55. The predicted molar refractivity (Wildman–Crippen MR) is 126 cm³/mol. The second-order valence-corrected chi connectivity index (χ2v) is 9.84. The third-order valence-electron chi connectivity index (χ3n) is 6.18. The fraction of sp³-hybridized carbons (Fsp3) is 0.333. The van der Waals surface area contributed by atoms with E-state index in [9.17, 15) is 40.7 Å². The molecule has 0 bridgehead atoms. The first kappa shape index (κ1) is 28.7. The van der Waals surface area contributed by atoms with E-state index < -0.39 is 61.7 Å². The van der Waals surface area contributed by atoms with Crippen LogP contribution in [0.15, 0.2) is 41.6 Å². The van der Waals surface area contributed by atoms with Crippen molar-refractivity contribution in [3.63, 3.8) is 0 Å². The van der Waals surface area contributed by atoms with Gasteiger partial charge in [-0.1, -0.05) is 34.4 Å². The molecule has 15 heteroatoms. The zero-order chi connectivity index (χ0) is 28.9. The molecule has 2 heterocycles. The average molecular weight is 596 g/mol. The number of hydrogen-bond acceptors (Lipinski definition) is 5. The summed E-state index contributed by atoms with van der Waals surface area (Å²) in [6.45, 7) is -1.80. The van der Waals surface area contributed by atoms with Gasteiger partial charge in [-0.2, -0.15) is 26.3 Å². The second-order valence-electron chi connectivity index (χ2n) is 8.97. The van der Waals surface area contributed by atoms with Crippen LogP contribution in [0, 0.1) is 6.92 Å². The molecule has 2 aliphatic rings. The Hall–Kier alpha value is -3.32. The number of hydrogen-bond donors (Lipinski definition) is 0. The Morgan fingerprint density at radius 1 is 1.00 bits per heavy atom. The Labute approximate surface area is 226 Å². The van der Waals surface area contributed by atoms with Gasteiger partial charge in [-0.25, -0.2) is 0 Å². The van der Waals surface area contributed by atoms with Crippen molar-refractivity contribution in [2.24, 2.45) is 5.16 Å². The maximum absolute atomic E-state index is 14.2. The summed E-state index contributed by atoms with van der Waals surface area (Å²) in [4.78, 5) is 43.0. The van der Waals surface area contributed by atoms with Gasteiger partial charge in [-0.05, 0) is 48.4 Å². The Bertz CT molecular complexity index is 1360. The number of piperazine rings is 1. The Morgan fingerprint density at radius 3 is 2.10 bits per heavy atom. The maximum Gasteiger partial charge on any atom is 0.435 e. The van der Waals surface area contributed by atoms with E-state index in [1.165, 1.54) is 31.2 Å². The number of nitrogens with zero attached hydrogens (tertiary/aromatic N) is 3. The number of rotatable bonds is 4. The molecule has 1 unspecified atom stereocenters. The number of benzene rings is 2. The lowest BCUT2D eigenvalue weighted by Gasteiger charge is -2.33. The van der Waals surface area contributed by atoms with E-state index in [1.54, 1.807) is 0 Å². The molecule has 4 rings (SSSR count). The van der Waals surface area contributed by atoms with E-state index >= 15 is 0 Å². The van der Waals surface area contributed by atoms with Crippen LogP contribution in [-0.4, -0.2) is 65.2 Å². The highest BCUT2D eigenvalue weighted by Crippen LogP contribution is 2.49. The highest BCUT2D eigenvalue weighted by Gasteiger charge is 2.62. The minimum atomic E-state index is -4.91. The molecular weight excluding hydrogens is 579 g/mol. The smallest absolute Gasteiger partial charge is 0.374 e. The van der Waals surface area contributed by atoms with Crippen molar-refractivity contribution < 1.29 is 45.6 Å².